The molecule has 1 unspecified atom stereocenters. The summed E-state index contributed by atoms with van der Waals surface area (Å²) in [6.07, 6.45) is 6.38. The number of hydrogen-bond donors (Lipinski definition) is 3. The first-order valence-electron chi connectivity index (χ1n) is 10.4. The van der Waals surface area contributed by atoms with E-state index >= 15 is 0 Å². The number of nitrogens with zero attached hydrogens (tertiary/aromatic N) is 1. The number of methoxy groups -OCH3 is 1. The lowest BCUT2D eigenvalue weighted by molar-refractivity contribution is -0.162. The monoisotopic (exact) mass is 533 g/mol. The summed E-state index contributed by atoms with van der Waals surface area (Å²) in [7, 11) is 1.37. The standard InChI is InChI=1S/C24H21BrClNO6/c1-32-21-19-15(11-16(26)27-21)33-24(13-7-9-14(25)10-8-13)18(12-5-3-2-4-6-12)17(22(29)30)20(28)23(19,24)31/h2-5,7-12,17-18,20,28,31H,6H2,1H3,(H,29,30)/t12?,17-,18-,20-,23+,24+/m1/s1. The van der Waals surface area contributed by atoms with E-state index in [1.54, 1.807) is 24.3 Å². The zero-order valence-electron chi connectivity index (χ0n) is 17.5. The molecule has 2 heterocycles. The molecular formula is C24H21BrClNO6. The van der Waals surface area contributed by atoms with Crippen molar-refractivity contribution in [2.24, 2.45) is 17.8 Å². The Labute approximate surface area is 203 Å². The summed E-state index contributed by atoms with van der Waals surface area (Å²) >= 11 is 9.61. The molecule has 2 aromatic rings. The van der Waals surface area contributed by atoms with E-state index in [0.717, 1.165) is 4.47 Å². The Morgan fingerprint density at radius 3 is 2.64 bits per heavy atom. The molecule has 1 aromatic carbocycles. The van der Waals surface area contributed by atoms with Crippen molar-refractivity contribution < 1.29 is 29.6 Å². The average Bonchev–Trinajstić information content (AvgIpc) is 3.17. The first-order valence-corrected chi connectivity index (χ1v) is 11.6. The van der Waals surface area contributed by atoms with E-state index in [1.165, 1.54) is 13.2 Å². The van der Waals surface area contributed by atoms with Crippen molar-refractivity contribution in [2.45, 2.75) is 23.7 Å². The Hall–Kier alpha value is -2.39. The van der Waals surface area contributed by atoms with Gasteiger partial charge in [0.05, 0.1) is 18.6 Å². The van der Waals surface area contributed by atoms with E-state index in [1.807, 2.05) is 24.3 Å². The number of carbonyl (C=O) groups is 1. The first-order chi connectivity index (χ1) is 15.8. The number of aliphatic carboxylic acids is 1. The third-order valence-electron chi connectivity index (χ3n) is 6.99. The van der Waals surface area contributed by atoms with Gasteiger partial charge in [0.25, 0.3) is 0 Å². The van der Waals surface area contributed by atoms with Crippen LogP contribution in [0.4, 0.5) is 0 Å². The molecule has 9 heteroatoms. The van der Waals surface area contributed by atoms with Crippen LogP contribution in [0.15, 0.2) is 59.1 Å². The fraction of sp³-hybridized carbons (Fsp3) is 0.333. The zero-order valence-corrected chi connectivity index (χ0v) is 19.8. The number of fused-ring (bicyclic) bond motifs is 3. The van der Waals surface area contributed by atoms with Crippen LogP contribution >= 0.6 is 27.5 Å². The summed E-state index contributed by atoms with van der Waals surface area (Å²) in [5.41, 5.74) is -3.19. The molecule has 6 atom stereocenters. The van der Waals surface area contributed by atoms with Crippen LogP contribution in [-0.2, 0) is 16.0 Å². The number of halogens is 2. The van der Waals surface area contributed by atoms with Gasteiger partial charge in [-0.15, -0.1) is 0 Å². The lowest BCUT2D eigenvalue weighted by atomic mass is 9.67. The topological polar surface area (TPSA) is 109 Å². The number of benzene rings is 1. The van der Waals surface area contributed by atoms with E-state index in [9.17, 15) is 20.1 Å². The number of ether oxygens (including phenoxy) is 2. The Bertz CT molecular complexity index is 1180. The average molecular weight is 535 g/mol. The highest BCUT2D eigenvalue weighted by molar-refractivity contribution is 9.10. The lowest BCUT2D eigenvalue weighted by Crippen LogP contribution is -2.53. The second-order valence-corrected chi connectivity index (χ2v) is 9.79. The summed E-state index contributed by atoms with van der Waals surface area (Å²) in [6, 6.07) is 8.54. The molecule has 172 valence electrons. The van der Waals surface area contributed by atoms with E-state index in [2.05, 4.69) is 20.9 Å². The lowest BCUT2D eigenvalue weighted by Gasteiger charge is -2.42. The molecule has 0 spiro atoms. The Morgan fingerprint density at radius 2 is 2.03 bits per heavy atom. The summed E-state index contributed by atoms with van der Waals surface area (Å²) in [4.78, 5) is 16.7. The Balaban J connectivity index is 1.86. The van der Waals surface area contributed by atoms with Crippen LogP contribution in [0.5, 0.6) is 11.6 Å². The number of aliphatic hydroxyl groups is 2. The normalized spacial score (nSPS) is 34.0. The first kappa shape index (κ1) is 22.4. The fourth-order valence-electron chi connectivity index (χ4n) is 5.78. The largest absolute Gasteiger partial charge is 0.481 e. The molecule has 1 aliphatic heterocycles. The molecule has 7 nitrogen and oxygen atoms in total. The Morgan fingerprint density at radius 1 is 1.30 bits per heavy atom. The van der Waals surface area contributed by atoms with Gasteiger partial charge in [0, 0.05) is 16.5 Å². The van der Waals surface area contributed by atoms with Crippen LogP contribution in [-0.4, -0.2) is 39.5 Å². The van der Waals surface area contributed by atoms with Gasteiger partial charge in [-0.1, -0.05) is 64.0 Å². The number of allylic oxidation sites excluding steroid dienone is 4. The second-order valence-electron chi connectivity index (χ2n) is 8.49. The smallest absolute Gasteiger partial charge is 0.309 e. The molecule has 2 aliphatic carbocycles. The number of aromatic nitrogens is 1. The van der Waals surface area contributed by atoms with Gasteiger partial charge in [0.2, 0.25) is 5.88 Å². The zero-order chi connectivity index (χ0) is 23.5. The highest BCUT2D eigenvalue weighted by Crippen LogP contribution is 2.69. The molecule has 3 N–H and O–H groups in total. The predicted octanol–water partition coefficient (Wildman–Crippen LogP) is 3.81. The van der Waals surface area contributed by atoms with E-state index < -0.39 is 35.1 Å². The summed E-state index contributed by atoms with van der Waals surface area (Å²) < 4.78 is 12.7. The van der Waals surface area contributed by atoms with Gasteiger partial charge in [0.15, 0.2) is 11.2 Å². The number of carboxylic acid groups (broad SMARTS) is 1. The van der Waals surface area contributed by atoms with E-state index in [0.29, 0.717) is 12.0 Å². The van der Waals surface area contributed by atoms with Gasteiger partial charge in [-0.3, -0.25) is 4.79 Å². The van der Waals surface area contributed by atoms with Crippen molar-refractivity contribution in [3.63, 3.8) is 0 Å². The van der Waals surface area contributed by atoms with Crippen molar-refractivity contribution in [3.05, 3.63) is 75.4 Å². The minimum atomic E-state index is -2.16. The molecule has 5 rings (SSSR count). The quantitative estimate of drug-likeness (QED) is 0.512. The van der Waals surface area contributed by atoms with Crippen molar-refractivity contribution >= 4 is 33.5 Å². The molecule has 0 amide bonds. The SMILES string of the molecule is COc1nc(Cl)cc2c1[C@]1(O)[C@H](O)[C@H](C(=O)O)[C@@H](C3C=CC=CC3)[C@]1(c1ccc(Br)cc1)O2. The maximum atomic E-state index is 12.5. The molecule has 0 radical (unpaired) electrons. The van der Waals surface area contributed by atoms with Gasteiger partial charge >= 0.3 is 5.97 Å². The number of pyridine rings is 1. The molecular weight excluding hydrogens is 514 g/mol. The maximum absolute atomic E-state index is 12.5. The third-order valence-corrected chi connectivity index (χ3v) is 7.71. The molecule has 1 fully saturated rings. The van der Waals surface area contributed by atoms with E-state index in [-0.39, 0.29) is 28.3 Å². The molecule has 1 aromatic heterocycles. The van der Waals surface area contributed by atoms with Crippen molar-refractivity contribution in [1.82, 2.24) is 4.98 Å². The molecule has 0 bridgehead atoms. The van der Waals surface area contributed by atoms with Gasteiger partial charge in [-0.2, -0.15) is 0 Å². The summed E-state index contributed by atoms with van der Waals surface area (Å²) in [6.45, 7) is 0. The van der Waals surface area contributed by atoms with Crippen LogP contribution in [0.3, 0.4) is 0 Å². The second kappa shape index (κ2) is 7.84. The van der Waals surface area contributed by atoms with Crippen LogP contribution in [0, 0.1) is 17.8 Å². The van der Waals surface area contributed by atoms with Crippen LogP contribution < -0.4 is 9.47 Å². The van der Waals surface area contributed by atoms with Crippen LogP contribution in [0.25, 0.3) is 0 Å². The van der Waals surface area contributed by atoms with Crippen LogP contribution in [0.1, 0.15) is 17.5 Å². The minimum Gasteiger partial charge on any atom is -0.481 e. The number of carboxylic acids is 1. The van der Waals surface area contributed by atoms with Crippen molar-refractivity contribution in [3.8, 4) is 11.6 Å². The van der Waals surface area contributed by atoms with Crippen LogP contribution in [0.2, 0.25) is 5.15 Å². The highest BCUT2D eigenvalue weighted by atomic mass is 79.9. The fourth-order valence-corrected chi connectivity index (χ4v) is 6.22. The van der Waals surface area contributed by atoms with Crippen molar-refractivity contribution in [1.29, 1.82) is 0 Å². The highest BCUT2D eigenvalue weighted by Gasteiger charge is 2.79. The summed E-state index contributed by atoms with van der Waals surface area (Å²) in [5, 5.41) is 34.2. The Kier molecular flexibility index (Phi) is 5.32. The van der Waals surface area contributed by atoms with E-state index in [4.69, 9.17) is 21.1 Å². The predicted molar refractivity (Wildman–Crippen MR) is 123 cm³/mol. The molecule has 1 saturated carbocycles. The number of aliphatic hydroxyl groups excluding tert-OH is 1. The molecule has 0 saturated heterocycles. The van der Waals surface area contributed by atoms with Gasteiger partial charge < -0.3 is 24.8 Å². The minimum absolute atomic E-state index is 0.0260. The van der Waals surface area contributed by atoms with Gasteiger partial charge in [-0.25, -0.2) is 4.98 Å². The molecule has 3 aliphatic rings. The number of hydrogen-bond acceptors (Lipinski definition) is 6. The summed E-state index contributed by atoms with van der Waals surface area (Å²) in [5.74, 6) is -3.53. The van der Waals surface area contributed by atoms with Gasteiger partial charge in [-0.05, 0) is 30.0 Å². The molecule has 33 heavy (non-hydrogen) atoms. The van der Waals surface area contributed by atoms with Gasteiger partial charge in [0.1, 0.15) is 17.0 Å². The maximum Gasteiger partial charge on any atom is 0.309 e. The number of rotatable bonds is 4. The third kappa shape index (κ3) is 2.94. The van der Waals surface area contributed by atoms with Crippen molar-refractivity contribution in [2.75, 3.05) is 7.11 Å².